The average molecular weight is 377 g/mol. The van der Waals surface area contributed by atoms with Gasteiger partial charge in [-0.25, -0.2) is 9.48 Å². The molecule has 0 saturated carbocycles. The van der Waals surface area contributed by atoms with Crippen molar-refractivity contribution in [1.82, 2.24) is 20.4 Å². The van der Waals surface area contributed by atoms with Crippen LogP contribution in [0.1, 0.15) is 39.2 Å². The highest BCUT2D eigenvalue weighted by Gasteiger charge is 2.14. The lowest BCUT2D eigenvalue weighted by Gasteiger charge is -2.13. The fourth-order valence-corrected chi connectivity index (χ4v) is 3.64. The number of hydrogen-bond donors (Lipinski definition) is 2. The molecule has 2 amide bonds. The van der Waals surface area contributed by atoms with Crippen molar-refractivity contribution in [3.05, 3.63) is 81.7 Å². The minimum atomic E-state index is -0.175. The van der Waals surface area contributed by atoms with Crippen LogP contribution in [0.15, 0.2) is 42.5 Å². The number of carbonyl (C=O) groups excluding carboxylic acids is 1. The quantitative estimate of drug-likeness (QED) is 0.693. The molecular weight excluding hydrogens is 348 g/mol. The number of nitrogens with one attached hydrogen (secondary N) is 2. The number of nitrogens with zero attached hydrogens (tertiary/aromatic N) is 2. The summed E-state index contributed by atoms with van der Waals surface area (Å²) in [6.07, 6.45) is 0. The number of amides is 2. The minimum absolute atomic E-state index is 0.175. The third-order valence-electron chi connectivity index (χ3n) is 5.13. The Hall–Kier alpha value is -3.08. The van der Waals surface area contributed by atoms with Crippen molar-refractivity contribution >= 4 is 6.03 Å². The maximum Gasteiger partial charge on any atom is 0.315 e. The first-order chi connectivity index (χ1) is 13.4. The van der Waals surface area contributed by atoms with Gasteiger partial charge in [-0.2, -0.15) is 5.10 Å². The molecule has 0 atom stereocenters. The first kappa shape index (κ1) is 19.7. The lowest BCUT2D eigenvalue weighted by Crippen LogP contribution is -2.35. The van der Waals surface area contributed by atoms with Gasteiger partial charge in [-0.3, -0.25) is 0 Å². The fraction of sp³-hybridized carbons (Fsp3) is 0.304. The highest BCUT2D eigenvalue weighted by atomic mass is 16.2. The van der Waals surface area contributed by atoms with Crippen molar-refractivity contribution < 1.29 is 4.79 Å². The number of rotatable bonds is 5. The highest BCUT2D eigenvalue weighted by Crippen LogP contribution is 2.18. The molecule has 0 unspecified atom stereocenters. The topological polar surface area (TPSA) is 59.0 Å². The molecule has 5 heteroatoms. The number of aryl methyl sites for hydroxylation is 4. The number of benzene rings is 2. The normalized spacial score (nSPS) is 10.8. The zero-order chi connectivity index (χ0) is 20.3. The van der Waals surface area contributed by atoms with E-state index >= 15 is 0 Å². The van der Waals surface area contributed by atoms with Crippen molar-refractivity contribution in [3.63, 3.8) is 0 Å². The Kier molecular flexibility index (Phi) is 5.83. The molecule has 146 valence electrons. The summed E-state index contributed by atoms with van der Waals surface area (Å²) in [5.41, 5.74) is 8.84. The number of para-hydroxylation sites is 1. The first-order valence-electron chi connectivity index (χ1n) is 9.55. The van der Waals surface area contributed by atoms with Crippen molar-refractivity contribution in [2.45, 2.75) is 47.7 Å². The summed E-state index contributed by atoms with van der Waals surface area (Å²) in [7, 11) is 0. The Bertz CT molecular complexity index is 966. The van der Waals surface area contributed by atoms with Gasteiger partial charge in [-0.05, 0) is 63.4 Å². The van der Waals surface area contributed by atoms with Crippen LogP contribution in [0.4, 0.5) is 4.79 Å². The second-order valence-corrected chi connectivity index (χ2v) is 7.31. The third kappa shape index (κ3) is 4.25. The number of hydrogen-bond acceptors (Lipinski definition) is 2. The first-order valence-corrected chi connectivity index (χ1v) is 9.55. The van der Waals surface area contributed by atoms with E-state index in [4.69, 9.17) is 0 Å². The van der Waals surface area contributed by atoms with Crippen LogP contribution in [-0.2, 0) is 13.1 Å². The summed E-state index contributed by atoms with van der Waals surface area (Å²) < 4.78 is 1.92. The molecular formula is C23H28N4O. The summed E-state index contributed by atoms with van der Waals surface area (Å²) >= 11 is 0. The van der Waals surface area contributed by atoms with Gasteiger partial charge in [0.2, 0.25) is 0 Å². The Morgan fingerprint density at radius 2 is 1.46 bits per heavy atom. The molecule has 2 N–H and O–H groups in total. The zero-order valence-corrected chi connectivity index (χ0v) is 17.3. The Morgan fingerprint density at radius 1 is 0.893 bits per heavy atom. The lowest BCUT2D eigenvalue weighted by atomic mass is 10.00. The minimum Gasteiger partial charge on any atom is -0.334 e. The van der Waals surface area contributed by atoms with Crippen LogP contribution in [0.5, 0.6) is 0 Å². The van der Waals surface area contributed by atoms with Gasteiger partial charge in [0.1, 0.15) is 0 Å². The average Bonchev–Trinajstić information content (AvgIpc) is 2.93. The monoisotopic (exact) mass is 376 g/mol. The van der Waals surface area contributed by atoms with Crippen LogP contribution in [-0.4, -0.2) is 15.8 Å². The van der Waals surface area contributed by atoms with Gasteiger partial charge < -0.3 is 10.6 Å². The van der Waals surface area contributed by atoms with Gasteiger partial charge in [0.05, 0.1) is 11.4 Å². The van der Waals surface area contributed by atoms with E-state index in [0.717, 1.165) is 22.6 Å². The molecule has 28 heavy (non-hydrogen) atoms. The van der Waals surface area contributed by atoms with E-state index < -0.39 is 0 Å². The molecule has 1 aromatic heterocycles. The van der Waals surface area contributed by atoms with E-state index in [1.54, 1.807) is 0 Å². The van der Waals surface area contributed by atoms with Crippen LogP contribution >= 0.6 is 0 Å². The van der Waals surface area contributed by atoms with E-state index in [0.29, 0.717) is 13.1 Å². The van der Waals surface area contributed by atoms with E-state index in [1.807, 2.05) is 48.9 Å². The van der Waals surface area contributed by atoms with Gasteiger partial charge in [-0.1, -0.05) is 35.9 Å². The maximum atomic E-state index is 12.3. The Balaban J connectivity index is 1.63. The maximum absolute atomic E-state index is 12.3. The summed E-state index contributed by atoms with van der Waals surface area (Å²) in [6.45, 7) is 11.2. The zero-order valence-electron chi connectivity index (χ0n) is 17.3. The van der Waals surface area contributed by atoms with E-state index in [2.05, 4.69) is 48.6 Å². The molecule has 0 bridgehead atoms. The number of aromatic nitrogens is 2. The van der Waals surface area contributed by atoms with Crippen LogP contribution in [0, 0.1) is 34.6 Å². The molecule has 0 radical (unpaired) electrons. The molecule has 0 aliphatic carbocycles. The molecule has 0 fully saturated rings. The molecule has 2 aromatic carbocycles. The fourth-order valence-electron chi connectivity index (χ4n) is 3.64. The Labute approximate surface area is 166 Å². The van der Waals surface area contributed by atoms with Gasteiger partial charge >= 0.3 is 6.03 Å². The molecule has 1 heterocycles. The van der Waals surface area contributed by atoms with Crippen LogP contribution in [0.3, 0.4) is 0 Å². The van der Waals surface area contributed by atoms with Gasteiger partial charge in [0, 0.05) is 24.3 Å². The molecule has 0 aliphatic heterocycles. The summed E-state index contributed by atoms with van der Waals surface area (Å²) in [4.78, 5) is 12.3. The second-order valence-electron chi connectivity index (χ2n) is 7.31. The van der Waals surface area contributed by atoms with Gasteiger partial charge in [-0.15, -0.1) is 0 Å². The SMILES string of the molecule is Cc1cc(C)c(CNC(=O)NCc2c(C)nn(-c3ccccc3)c2C)c(C)c1. The van der Waals surface area contributed by atoms with Gasteiger partial charge in [0.15, 0.2) is 0 Å². The molecule has 3 rings (SSSR count). The van der Waals surface area contributed by atoms with Crippen molar-refractivity contribution in [2.24, 2.45) is 0 Å². The predicted molar refractivity (Wildman–Crippen MR) is 113 cm³/mol. The summed E-state index contributed by atoms with van der Waals surface area (Å²) in [5, 5.41) is 10.6. The Morgan fingerprint density at radius 3 is 2.07 bits per heavy atom. The van der Waals surface area contributed by atoms with E-state index in [-0.39, 0.29) is 6.03 Å². The number of carbonyl (C=O) groups is 1. The van der Waals surface area contributed by atoms with Gasteiger partial charge in [0.25, 0.3) is 0 Å². The third-order valence-corrected chi connectivity index (χ3v) is 5.13. The summed E-state index contributed by atoms with van der Waals surface area (Å²) in [5.74, 6) is 0. The highest BCUT2D eigenvalue weighted by molar-refractivity contribution is 5.74. The smallest absolute Gasteiger partial charge is 0.315 e. The predicted octanol–water partition coefficient (Wildman–Crippen LogP) is 4.41. The number of urea groups is 1. The van der Waals surface area contributed by atoms with Crippen LogP contribution in [0.25, 0.3) is 5.69 Å². The standard InChI is InChI=1S/C23H28N4O/c1-15-11-16(2)21(17(3)12-15)13-24-23(28)25-14-22-18(4)26-27(19(22)5)20-9-7-6-8-10-20/h6-12H,13-14H2,1-5H3,(H2,24,25,28). The molecule has 0 spiro atoms. The largest absolute Gasteiger partial charge is 0.334 e. The van der Waals surface area contributed by atoms with E-state index in [1.165, 1.54) is 22.3 Å². The summed E-state index contributed by atoms with van der Waals surface area (Å²) in [6, 6.07) is 14.1. The van der Waals surface area contributed by atoms with Crippen LogP contribution in [0.2, 0.25) is 0 Å². The molecule has 3 aromatic rings. The molecule has 0 aliphatic rings. The van der Waals surface area contributed by atoms with Crippen molar-refractivity contribution in [3.8, 4) is 5.69 Å². The van der Waals surface area contributed by atoms with Crippen LogP contribution < -0.4 is 10.6 Å². The lowest BCUT2D eigenvalue weighted by molar-refractivity contribution is 0.240. The van der Waals surface area contributed by atoms with Crippen molar-refractivity contribution in [1.29, 1.82) is 0 Å². The second kappa shape index (κ2) is 8.30. The van der Waals surface area contributed by atoms with E-state index in [9.17, 15) is 4.79 Å². The molecule has 5 nitrogen and oxygen atoms in total. The molecule has 0 saturated heterocycles. The van der Waals surface area contributed by atoms with Crippen molar-refractivity contribution in [2.75, 3.05) is 0 Å².